The summed E-state index contributed by atoms with van der Waals surface area (Å²) in [5.74, 6) is 0.274. The number of hydrogen-bond acceptors (Lipinski definition) is 6. The maximum absolute atomic E-state index is 12.5. The van der Waals surface area contributed by atoms with Gasteiger partial charge in [-0.05, 0) is 36.1 Å². The minimum atomic E-state index is -3.69. The molecule has 0 bridgehead atoms. The van der Waals surface area contributed by atoms with Gasteiger partial charge in [0.15, 0.2) is 5.82 Å². The Hall–Kier alpha value is -1.93. The first-order valence-corrected chi connectivity index (χ1v) is 8.12. The first-order chi connectivity index (χ1) is 9.97. The molecule has 1 aromatic heterocycles. The molecule has 0 fully saturated rings. The summed E-state index contributed by atoms with van der Waals surface area (Å²) in [7, 11) is -3.69. The minimum Gasteiger partial charge on any atom is -0.398 e. The molecule has 7 nitrogen and oxygen atoms in total. The zero-order chi connectivity index (χ0) is 15.5. The summed E-state index contributed by atoms with van der Waals surface area (Å²) in [6.07, 6.45) is 2.40. The lowest BCUT2D eigenvalue weighted by atomic mass is 10.1. The van der Waals surface area contributed by atoms with Crippen LogP contribution in [0.2, 0.25) is 0 Å². The van der Waals surface area contributed by atoms with E-state index in [1.807, 2.05) is 19.9 Å². The molecule has 8 heteroatoms. The second-order valence-electron chi connectivity index (χ2n) is 4.54. The van der Waals surface area contributed by atoms with Crippen molar-refractivity contribution in [3.05, 3.63) is 35.5 Å². The summed E-state index contributed by atoms with van der Waals surface area (Å²) in [4.78, 5) is 3.99. The van der Waals surface area contributed by atoms with Gasteiger partial charge in [-0.2, -0.15) is 4.98 Å². The van der Waals surface area contributed by atoms with Gasteiger partial charge in [0.25, 0.3) is 0 Å². The Kier molecular flexibility index (Phi) is 4.59. The fourth-order valence-electron chi connectivity index (χ4n) is 2.06. The molecule has 0 amide bonds. The monoisotopic (exact) mass is 310 g/mol. The molecule has 0 atom stereocenters. The number of rotatable bonds is 6. The van der Waals surface area contributed by atoms with Crippen LogP contribution in [0.1, 0.15) is 30.8 Å². The van der Waals surface area contributed by atoms with Crippen LogP contribution in [0.15, 0.2) is 27.9 Å². The maximum Gasteiger partial charge on any atom is 0.241 e. The molecule has 0 spiro atoms. The topological polar surface area (TPSA) is 111 Å². The van der Waals surface area contributed by atoms with E-state index < -0.39 is 10.0 Å². The first kappa shape index (κ1) is 15.5. The third-order valence-corrected chi connectivity index (χ3v) is 4.65. The zero-order valence-corrected chi connectivity index (χ0v) is 12.8. The van der Waals surface area contributed by atoms with Gasteiger partial charge >= 0.3 is 0 Å². The molecule has 0 aliphatic rings. The van der Waals surface area contributed by atoms with E-state index in [4.69, 9.17) is 5.73 Å². The predicted molar refractivity (Wildman–Crippen MR) is 77.9 cm³/mol. The number of anilines is 1. The number of aryl methyl sites for hydroxylation is 1. The van der Waals surface area contributed by atoms with Gasteiger partial charge in [-0.3, -0.25) is 0 Å². The van der Waals surface area contributed by atoms with E-state index in [1.165, 1.54) is 0 Å². The van der Waals surface area contributed by atoms with Crippen LogP contribution in [0, 0.1) is 0 Å². The molecular weight excluding hydrogens is 292 g/mol. The van der Waals surface area contributed by atoms with Gasteiger partial charge in [-0.15, -0.1) is 0 Å². The number of hydrogen-bond donors (Lipinski definition) is 2. The van der Waals surface area contributed by atoms with E-state index in [9.17, 15) is 8.42 Å². The fraction of sp³-hybridized carbons (Fsp3) is 0.385. The van der Waals surface area contributed by atoms with Crippen molar-refractivity contribution < 1.29 is 12.9 Å². The number of sulfonamides is 1. The van der Waals surface area contributed by atoms with Crippen LogP contribution in [0.4, 0.5) is 5.69 Å². The third-order valence-electron chi connectivity index (χ3n) is 3.18. The standard InChI is InChI=1S/C13H18N4O3S/c1-3-9-5-11(14)10(4-2)12(6-9)21(18,19)16-7-13-15-8-20-17-13/h5-6,8,16H,3-4,7,14H2,1-2H3. The van der Waals surface area contributed by atoms with Crippen LogP contribution in [-0.4, -0.2) is 18.6 Å². The van der Waals surface area contributed by atoms with E-state index in [0.717, 1.165) is 12.0 Å². The largest absolute Gasteiger partial charge is 0.398 e. The molecule has 2 aromatic rings. The highest BCUT2D eigenvalue weighted by molar-refractivity contribution is 7.89. The lowest BCUT2D eigenvalue weighted by Gasteiger charge is -2.14. The number of nitrogens with one attached hydrogen (secondary N) is 1. The molecule has 0 aliphatic carbocycles. The molecule has 0 aliphatic heterocycles. The van der Waals surface area contributed by atoms with Gasteiger partial charge in [0, 0.05) is 5.69 Å². The van der Waals surface area contributed by atoms with Crippen LogP contribution < -0.4 is 10.5 Å². The van der Waals surface area contributed by atoms with Crippen LogP contribution >= 0.6 is 0 Å². The molecular formula is C13H18N4O3S. The summed E-state index contributed by atoms with van der Waals surface area (Å²) in [5.41, 5.74) is 7.96. The summed E-state index contributed by atoms with van der Waals surface area (Å²) < 4.78 is 32.0. The molecule has 3 N–H and O–H groups in total. The molecule has 21 heavy (non-hydrogen) atoms. The number of nitrogen functional groups attached to an aromatic ring is 1. The zero-order valence-electron chi connectivity index (χ0n) is 12.0. The number of aromatic nitrogens is 2. The van der Waals surface area contributed by atoms with E-state index in [0.29, 0.717) is 24.1 Å². The predicted octanol–water partition coefficient (Wildman–Crippen LogP) is 1.26. The van der Waals surface area contributed by atoms with Crippen molar-refractivity contribution in [2.24, 2.45) is 0 Å². The highest BCUT2D eigenvalue weighted by Crippen LogP contribution is 2.25. The smallest absolute Gasteiger partial charge is 0.241 e. The number of benzene rings is 1. The van der Waals surface area contributed by atoms with E-state index in [2.05, 4.69) is 19.4 Å². The molecule has 0 saturated heterocycles. The number of nitrogens with zero attached hydrogens (tertiary/aromatic N) is 2. The summed E-state index contributed by atoms with van der Waals surface area (Å²) in [5, 5.41) is 3.57. The first-order valence-electron chi connectivity index (χ1n) is 6.64. The van der Waals surface area contributed by atoms with Gasteiger partial charge in [-0.1, -0.05) is 19.0 Å². The fourth-order valence-corrected chi connectivity index (χ4v) is 3.42. The van der Waals surface area contributed by atoms with E-state index >= 15 is 0 Å². The van der Waals surface area contributed by atoms with E-state index in [1.54, 1.807) is 6.07 Å². The Balaban J connectivity index is 2.36. The SMILES string of the molecule is CCc1cc(N)c(CC)c(S(=O)(=O)NCc2ncon2)c1. The maximum atomic E-state index is 12.5. The van der Waals surface area contributed by atoms with Crippen molar-refractivity contribution in [3.63, 3.8) is 0 Å². The van der Waals surface area contributed by atoms with Crippen LogP contribution in [0.5, 0.6) is 0 Å². The highest BCUT2D eigenvalue weighted by Gasteiger charge is 2.21. The molecule has 1 aromatic carbocycles. The van der Waals surface area contributed by atoms with Gasteiger partial charge in [0.05, 0.1) is 11.4 Å². The Labute approximate surface area is 123 Å². The van der Waals surface area contributed by atoms with Crippen LogP contribution in [0.3, 0.4) is 0 Å². The highest BCUT2D eigenvalue weighted by atomic mass is 32.2. The second-order valence-corrected chi connectivity index (χ2v) is 6.28. The lowest BCUT2D eigenvalue weighted by Crippen LogP contribution is -2.25. The van der Waals surface area contributed by atoms with Gasteiger partial charge < -0.3 is 10.3 Å². The molecule has 0 radical (unpaired) electrons. The summed E-state index contributed by atoms with van der Waals surface area (Å²) in [6, 6.07) is 3.48. The summed E-state index contributed by atoms with van der Waals surface area (Å²) in [6.45, 7) is 3.79. The molecule has 114 valence electrons. The molecule has 0 unspecified atom stereocenters. The van der Waals surface area contributed by atoms with Gasteiger partial charge in [-0.25, -0.2) is 13.1 Å². The van der Waals surface area contributed by atoms with Crippen molar-refractivity contribution in [1.29, 1.82) is 0 Å². The van der Waals surface area contributed by atoms with Crippen molar-refractivity contribution in [3.8, 4) is 0 Å². The van der Waals surface area contributed by atoms with Crippen molar-refractivity contribution in [2.45, 2.75) is 38.1 Å². The van der Waals surface area contributed by atoms with Gasteiger partial charge in [0.1, 0.15) is 0 Å². The molecule has 0 saturated carbocycles. The quantitative estimate of drug-likeness (QED) is 0.777. The normalized spacial score (nSPS) is 11.7. The number of nitrogens with two attached hydrogens (primary N) is 1. The van der Waals surface area contributed by atoms with E-state index in [-0.39, 0.29) is 17.3 Å². The second kappa shape index (κ2) is 6.23. The lowest BCUT2D eigenvalue weighted by molar-refractivity contribution is 0.409. The molecule has 1 heterocycles. The Bertz CT molecular complexity index is 711. The van der Waals surface area contributed by atoms with Crippen molar-refractivity contribution in [2.75, 3.05) is 5.73 Å². The Morgan fingerprint density at radius 2 is 2.05 bits per heavy atom. The average molecular weight is 310 g/mol. The van der Waals surface area contributed by atoms with Crippen LogP contribution in [0.25, 0.3) is 0 Å². The Morgan fingerprint density at radius 3 is 2.62 bits per heavy atom. The third kappa shape index (κ3) is 3.40. The molecule has 2 rings (SSSR count). The summed E-state index contributed by atoms with van der Waals surface area (Å²) >= 11 is 0. The van der Waals surface area contributed by atoms with Crippen molar-refractivity contribution in [1.82, 2.24) is 14.9 Å². The minimum absolute atomic E-state index is 0.0295. The average Bonchev–Trinajstić information content (AvgIpc) is 2.97. The van der Waals surface area contributed by atoms with Crippen molar-refractivity contribution >= 4 is 15.7 Å². The van der Waals surface area contributed by atoms with Gasteiger partial charge in [0.2, 0.25) is 16.4 Å². The Morgan fingerprint density at radius 1 is 1.29 bits per heavy atom. The van der Waals surface area contributed by atoms with Crippen LogP contribution in [-0.2, 0) is 29.4 Å².